The predicted molar refractivity (Wildman–Crippen MR) is 70.6 cm³/mol. The fourth-order valence-electron chi connectivity index (χ4n) is 1.74. The molecule has 0 unspecified atom stereocenters. The van der Waals surface area contributed by atoms with E-state index < -0.39 is 0 Å². The van der Waals surface area contributed by atoms with Crippen molar-refractivity contribution >= 4 is 5.69 Å². The summed E-state index contributed by atoms with van der Waals surface area (Å²) in [7, 11) is 0. The Labute approximate surface area is 109 Å². The van der Waals surface area contributed by atoms with Gasteiger partial charge < -0.3 is 5.32 Å². The maximum absolute atomic E-state index is 4.57. The zero-order chi connectivity index (χ0) is 12.9. The minimum atomic E-state index is 0.547. The van der Waals surface area contributed by atoms with Crippen LogP contribution in [0.25, 0.3) is 16.7 Å². The second kappa shape index (κ2) is 5.26. The van der Waals surface area contributed by atoms with Crippen molar-refractivity contribution in [2.75, 3.05) is 0 Å². The van der Waals surface area contributed by atoms with Gasteiger partial charge in [0.2, 0.25) is 5.82 Å². The molecule has 19 heavy (non-hydrogen) atoms. The van der Waals surface area contributed by atoms with E-state index in [1.165, 1.54) is 0 Å². The lowest BCUT2D eigenvalue weighted by Gasteiger charge is -2.23. The summed E-state index contributed by atoms with van der Waals surface area (Å²) in [6.45, 7) is 0.572. The van der Waals surface area contributed by atoms with Crippen LogP contribution in [0.1, 0.15) is 5.56 Å². The summed E-state index contributed by atoms with van der Waals surface area (Å²) >= 11 is 0. The number of nitrogens with zero attached hydrogens (tertiary/aromatic N) is 5. The second-order valence-corrected chi connectivity index (χ2v) is 3.93. The predicted octanol–water partition coefficient (Wildman–Crippen LogP) is 2.47. The van der Waals surface area contributed by atoms with E-state index in [4.69, 9.17) is 0 Å². The Morgan fingerprint density at radius 3 is 2.84 bits per heavy atom. The van der Waals surface area contributed by atoms with Crippen LogP contribution >= 0.6 is 0 Å². The Morgan fingerprint density at radius 2 is 2.05 bits per heavy atom. The standard InChI is InChI=1S/C13H11N6/c1-2-6-12(11(5-1)13-16-18-19-17-13)15-9-10-4-3-7-14-8-10/h1-8H,9H2,(H,16,17,18,19)/q-1. The average Bonchev–Trinajstić information content (AvgIpc) is 3.01. The number of hydrogen-bond donors (Lipinski definition) is 1. The van der Waals surface area contributed by atoms with Crippen molar-refractivity contribution in [1.29, 1.82) is 0 Å². The van der Waals surface area contributed by atoms with E-state index in [0.29, 0.717) is 12.4 Å². The number of aromatic amines is 1. The van der Waals surface area contributed by atoms with Gasteiger partial charge in [0.1, 0.15) is 0 Å². The Morgan fingerprint density at radius 1 is 1.11 bits per heavy atom. The molecule has 1 N–H and O–H groups in total. The van der Waals surface area contributed by atoms with Crippen molar-refractivity contribution in [3.8, 4) is 11.4 Å². The molecule has 2 aromatic heterocycles. The summed E-state index contributed by atoms with van der Waals surface area (Å²) in [5.74, 6) is 0.547. The molecule has 3 rings (SSSR count). The quantitative estimate of drug-likeness (QED) is 0.772. The number of pyridine rings is 1. The molecule has 0 bridgehead atoms. The van der Waals surface area contributed by atoms with Crippen molar-refractivity contribution in [3.05, 3.63) is 59.7 Å². The normalized spacial score (nSPS) is 10.3. The lowest BCUT2D eigenvalue weighted by Crippen LogP contribution is -1.87. The van der Waals surface area contributed by atoms with Crippen LogP contribution in [-0.2, 0) is 6.54 Å². The highest BCUT2D eigenvalue weighted by atomic mass is 15.5. The molecule has 0 radical (unpaired) electrons. The number of hydrogen-bond acceptors (Lipinski definition) is 4. The van der Waals surface area contributed by atoms with Crippen molar-refractivity contribution in [2.45, 2.75) is 6.54 Å². The molecule has 0 amide bonds. The van der Waals surface area contributed by atoms with Crippen molar-refractivity contribution in [2.24, 2.45) is 0 Å². The smallest absolute Gasteiger partial charge is 0.203 e. The fourth-order valence-corrected chi connectivity index (χ4v) is 1.74. The van der Waals surface area contributed by atoms with Crippen LogP contribution in [-0.4, -0.2) is 25.6 Å². The van der Waals surface area contributed by atoms with Crippen molar-refractivity contribution in [1.82, 2.24) is 25.6 Å². The lowest BCUT2D eigenvalue weighted by atomic mass is 10.1. The molecule has 0 saturated heterocycles. The summed E-state index contributed by atoms with van der Waals surface area (Å²) < 4.78 is 0. The Kier molecular flexibility index (Phi) is 3.14. The molecule has 2 heterocycles. The topological polar surface area (TPSA) is 81.5 Å². The van der Waals surface area contributed by atoms with Gasteiger partial charge in [0.25, 0.3) is 0 Å². The highest BCUT2D eigenvalue weighted by Crippen LogP contribution is 2.31. The monoisotopic (exact) mass is 251 g/mol. The number of nitrogens with one attached hydrogen (secondary N) is 1. The third kappa shape index (κ3) is 2.57. The number of tetrazole rings is 1. The Balaban J connectivity index is 1.82. The SMILES string of the molecule is c1cncc(C[N-]c2ccccc2-c2nn[nH]n2)c1. The summed E-state index contributed by atoms with van der Waals surface area (Å²) in [4.78, 5) is 4.07. The first-order valence-corrected chi connectivity index (χ1v) is 5.83. The molecular weight excluding hydrogens is 240 g/mol. The number of para-hydroxylation sites is 1. The molecular formula is C13H11N6-. The van der Waals surface area contributed by atoms with E-state index in [2.05, 4.69) is 30.9 Å². The number of H-pyrrole nitrogens is 1. The molecule has 0 spiro atoms. The van der Waals surface area contributed by atoms with Crippen LogP contribution < -0.4 is 0 Å². The van der Waals surface area contributed by atoms with E-state index in [9.17, 15) is 0 Å². The van der Waals surface area contributed by atoms with Gasteiger partial charge >= 0.3 is 0 Å². The molecule has 6 nitrogen and oxygen atoms in total. The summed E-state index contributed by atoms with van der Waals surface area (Å²) in [5, 5.41) is 18.6. The largest absolute Gasteiger partial charge is 0.680 e. The van der Waals surface area contributed by atoms with E-state index in [-0.39, 0.29) is 0 Å². The minimum absolute atomic E-state index is 0.547. The van der Waals surface area contributed by atoms with E-state index >= 15 is 0 Å². The van der Waals surface area contributed by atoms with Crippen LogP contribution in [0, 0.1) is 0 Å². The third-order valence-corrected chi connectivity index (χ3v) is 2.65. The van der Waals surface area contributed by atoms with Crippen LogP contribution in [0.2, 0.25) is 0 Å². The minimum Gasteiger partial charge on any atom is -0.680 e. The molecule has 0 atom stereocenters. The summed E-state index contributed by atoms with van der Waals surface area (Å²) in [6.07, 6.45) is 3.55. The molecule has 0 aliphatic rings. The maximum atomic E-state index is 4.57. The number of aromatic nitrogens is 5. The first-order valence-electron chi connectivity index (χ1n) is 5.83. The van der Waals surface area contributed by atoms with Gasteiger partial charge in [0.15, 0.2) is 0 Å². The van der Waals surface area contributed by atoms with E-state index in [0.717, 1.165) is 16.8 Å². The average molecular weight is 251 g/mol. The lowest BCUT2D eigenvalue weighted by molar-refractivity contribution is 0.881. The van der Waals surface area contributed by atoms with Crippen LogP contribution in [0.3, 0.4) is 0 Å². The molecule has 3 aromatic rings. The molecule has 1 aromatic carbocycles. The van der Waals surface area contributed by atoms with Gasteiger partial charge in [-0.05, 0) is 16.8 Å². The summed E-state index contributed by atoms with van der Waals surface area (Å²) in [6, 6.07) is 11.6. The van der Waals surface area contributed by atoms with Gasteiger partial charge in [-0.3, -0.25) is 4.98 Å². The number of rotatable bonds is 4. The Hall–Kier alpha value is -2.76. The molecule has 6 heteroatoms. The molecule has 0 fully saturated rings. The zero-order valence-corrected chi connectivity index (χ0v) is 10.1. The zero-order valence-electron chi connectivity index (χ0n) is 10.1. The molecule has 0 saturated carbocycles. The Bertz CT molecular complexity index is 635. The van der Waals surface area contributed by atoms with Gasteiger partial charge in [0, 0.05) is 18.0 Å². The molecule has 0 aliphatic heterocycles. The van der Waals surface area contributed by atoms with Crippen molar-refractivity contribution in [3.63, 3.8) is 0 Å². The summed E-state index contributed by atoms with van der Waals surface area (Å²) in [5.41, 5.74) is 2.76. The number of benzene rings is 1. The van der Waals surface area contributed by atoms with Crippen LogP contribution in [0.5, 0.6) is 0 Å². The van der Waals surface area contributed by atoms with E-state index in [1.807, 2.05) is 36.4 Å². The van der Waals surface area contributed by atoms with Crippen LogP contribution in [0.15, 0.2) is 48.8 Å². The van der Waals surface area contributed by atoms with Crippen LogP contribution in [0.4, 0.5) is 5.69 Å². The van der Waals surface area contributed by atoms with Gasteiger partial charge in [-0.15, -0.1) is 22.4 Å². The highest BCUT2D eigenvalue weighted by molar-refractivity contribution is 5.75. The first kappa shape index (κ1) is 11.3. The van der Waals surface area contributed by atoms with Gasteiger partial charge in [0.05, 0.1) is 0 Å². The maximum Gasteiger partial charge on any atom is 0.203 e. The molecule has 0 aliphatic carbocycles. The molecule has 94 valence electrons. The van der Waals surface area contributed by atoms with Crippen molar-refractivity contribution < 1.29 is 0 Å². The van der Waals surface area contributed by atoms with Gasteiger partial charge in [-0.2, -0.15) is 5.21 Å². The second-order valence-electron chi connectivity index (χ2n) is 3.93. The highest BCUT2D eigenvalue weighted by Gasteiger charge is 2.02. The van der Waals surface area contributed by atoms with Gasteiger partial charge in [-0.1, -0.05) is 30.3 Å². The van der Waals surface area contributed by atoms with E-state index in [1.54, 1.807) is 12.4 Å². The third-order valence-electron chi connectivity index (χ3n) is 2.65. The first-order chi connectivity index (χ1) is 9.43. The van der Waals surface area contributed by atoms with Gasteiger partial charge in [-0.25, -0.2) is 0 Å². The fraction of sp³-hybridized carbons (Fsp3) is 0.0769.